The lowest BCUT2D eigenvalue weighted by Crippen LogP contribution is -2.52. The Bertz CT molecular complexity index is 500. The lowest BCUT2D eigenvalue weighted by Gasteiger charge is -2.39. The van der Waals surface area contributed by atoms with Crippen molar-refractivity contribution >= 4 is 5.78 Å². The highest BCUT2D eigenvalue weighted by Gasteiger charge is 2.45. The zero-order valence-electron chi connectivity index (χ0n) is 13.7. The molecule has 1 aliphatic carbocycles. The second-order valence-corrected chi connectivity index (χ2v) is 5.92. The Kier molecular flexibility index (Phi) is 5.04. The number of likely N-dealkylation sites (N-methyl/N-ethyl adjacent to an activating group) is 1. The average Bonchev–Trinajstić information content (AvgIpc) is 2.98. The summed E-state index contributed by atoms with van der Waals surface area (Å²) in [6.45, 7) is 8.16. The summed E-state index contributed by atoms with van der Waals surface area (Å²) in [4.78, 5) is 15.6. The van der Waals surface area contributed by atoms with Crippen LogP contribution in [-0.4, -0.2) is 36.4 Å². The summed E-state index contributed by atoms with van der Waals surface area (Å²) in [6, 6.07) is 5.78. The fourth-order valence-electron chi connectivity index (χ4n) is 3.74. The summed E-state index contributed by atoms with van der Waals surface area (Å²) in [5.41, 5.74) is 1.57. The minimum atomic E-state index is -0.289. The Morgan fingerprint density at radius 1 is 1.24 bits per heavy atom. The summed E-state index contributed by atoms with van der Waals surface area (Å²) in [5.74, 6) is 1.11. The number of benzene rings is 1. The van der Waals surface area contributed by atoms with Crippen LogP contribution in [0.25, 0.3) is 0 Å². The van der Waals surface area contributed by atoms with Crippen molar-refractivity contribution < 1.29 is 9.53 Å². The van der Waals surface area contributed by atoms with E-state index in [1.807, 2.05) is 25.1 Å². The number of ketones is 1. The molecule has 3 nitrogen and oxygen atoms in total. The number of carbonyl (C=O) groups is 1. The molecule has 0 bridgehead atoms. The second kappa shape index (κ2) is 6.61. The molecule has 1 fully saturated rings. The van der Waals surface area contributed by atoms with Crippen LogP contribution in [0.3, 0.4) is 0 Å². The maximum atomic E-state index is 13.3. The molecule has 0 heterocycles. The number of ether oxygens (including phenoxy) is 1. The quantitative estimate of drug-likeness (QED) is 0.745. The summed E-state index contributed by atoms with van der Waals surface area (Å²) >= 11 is 0. The first kappa shape index (κ1) is 16.0. The number of methoxy groups -OCH3 is 1. The summed E-state index contributed by atoms with van der Waals surface area (Å²) in [7, 11) is 1.66. The van der Waals surface area contributed by atoms with E-state index in [9.17, 15) is 4.79 Å². The predicted octanol–water partition coefficient (Wildman–Crippen LogP) is 3.84. The van der Waals surface area contributed by atoms with Crippen LogP contribution in [0.15, 0.2) is 18.2 Å². The van der Waals surface area contributed by atoms with Crippen molar-refractivity contribution in [1.29, 1.82) is 0 Å². The molecule has 3 heteroatoms. The fraction of sp³-hybridized carbons (Fsp3) is 0.611. The topological polar surface area (TPSA) is 29.5 Å². The van der Waals surface area contributed by atoms with Crippen LogP contribution in [0.5, 0.6) is 5.75 Å². The smallest absolute Gasteiger partial charge is 0.183 e. The summed E-state index contributed by atoms with van der Waals surface area (Å²) < 4.78 is 5.25. The first-order chi connectivity index (χ1) is 10.1. The summed E-state index contributed by atoms with van der Waals surface area (Å²) in [6.07, 6.45) is 4.27. The van der Waals surface area contributed by atoms with E-state index in [0.29, 0.717) is 5.78 Å². The van der Waals surface area contributed by atoms with Gasteiger partial charge in [-0.3, -0.25) is 9.69 Å². The third kappa shape index (κ3) is 2.84. The number of hydrogen-bond acceptors (Lipinski definition) is 3. The highest BCUT2D eigenvalue weighted by Crippen LogP contribution is 2.38. The van der Waals surface area contributed by atoms with Gasteiger partial charge in [0.15, 0.2) is 5.78 Å². The number of aryl methyl sites for hydroxylation is 1. The molecule has 1 saturated carbocycles. The monoisotopic (exact) mass is 289 g/mol. The molecule has 1 aromatic rings. The van der Waals surface area contributed by atoms with Crippen LogP contribution in [0.4, 0.5) is 0 Å². The number of Topliss-reactive ketones (excluding diaryl/α,β-unsaturated/α-hetero) is 1. The van der Waals surface area contributed by atoms with Crippen LogP contribution in [0.2, 0.25) is 0 Å². The first-order valence-electron chi connectivity index (χ1n) is 8.03. The molecule has 0 saturated heterocycles. The van der Waals surface area contributed by atoms with E-state index in [0.717, 1.165) is 55.6 Å². The van der Waals surface area contributed by atoms with Crippen LogP contribution in [0, 0.1) is 6.92 Å². The molecule has 0 amide bonds. The molecule has 21 heavy (non-hydrogen) atoms. The molecule has 0 aromatic heterocycles. The van der Waals surface area contributed by atoms with Crippen molar-refractivity contribution in [2.45, 2.75) is 52.0 Å². The van der Waals surface area contributed by atoms with Gasteiger partial charge < -0.3 is 4.74 Å². The molecule has 2 rings (SSSR count). The highest BCUT2D eigenvalue weighted by molar-refractivity contribution is 6.04. The van der Waals surface area contributed by atoms with Gasteiger partial charge in [-0.15, -0.1) is 0 Å². The Morgan fingerprint density at radius 2 is 1.86 bits per heavy atom. The average molecular weight is 289 g/mol. The molecular weight excluding hydrogens is 262 g/mol. The van der Waals surface area contributed by atoms with Gasteiger partial charge in [-0.1, -0.05) is 26.7 Å². The van der Waals surface area contributed by atoms with Gasteiger partial charge in [0, 0.05) is 5.56 Å². The number of carbonyl (C=O) groups excluding carboxylic acids is 1. The van der Waals surface area contributed by atoms with Gasteiger partial charge in [-0.2, -0.15) is 0 Å². The summed E-state index contributed by atoms with van der Waals surface area (Å²) in [5, 5.41) is 0. The van der Waals surface area contributed by atoms with Crippen molar-refractivity contribution in [2.75, 3.05) is 20.2 Å². The standard InChI is InChI=1S/C18H27NO2/c1-5-19(6-2)18(11-7-8-12-18)17(20)16-10-9-15(21-4)13-14(16)3/h9-10,13H,5-8,11-12H2,1-4H3. The molecule has 116 valence electrons. The van der Waals surface area contributed by atoms with Crippen molar-refractivity contribution in [1.82, 2.24) is 4.90 Å². The van der Waals surface area contributed by atoms with Crippen LogP contribution in [-0.2, 0) is 0 Å². The zero-order valence-corrected chi connectivity index (χ0v) is 13.7. The van der Waals surface area contributed by atoms with Crippen LogP contribution < -0.4 is 4.74 Å². The SMILES string of the molecule is CCN(CC)C1(C(=O)c2ccc(OC)cc2C)CCCC1. The predicted molar refractivity (Wildman–Crippen MR) is 86.2 cm³/mol. The maximum Gasteiger partial charge on any atom is 0.183 e. The molecule has 0 aliphatic heterocycles. The third-order valence-corrected chi connectivity index (χ3v) is 4.90. The van der Waals surface area contributed by atoms with E-state index in [1.165, 1.54) is 0 Å². The van der Waals surface area contributed by atoms with Crippen molar-refractivity contribution in [3.63, 3.8) is 0 Å². The highest BCUT2D eigenvalue weighted by atomic mass is 16.5. The minimum Gasteiger partial charge on any atom is -0.497 e. The van der Waals surface area contributed by atoms with E-state index < -0.39 is 0 Å². The fourth-order valence-corrected chi connectivity index (χ4v) is 3.74. The Hall–Kier alpha value is -1.35. The van der Waals surface area contributed by atoms with Gasteiger partial charge in [0.25, 0.3) is 0 Å². The van der Waals surface area contributed by atoms with Gasteiger partial charge >= 0.3 is 0 Å². The normalized spacial score (nSPS) is 17.2. The largest absolute Gasteiger partial charge is 0.497 e. The molecule has 1 aromatic carbocycles. The van der Waals surface area contributed by atoms with E-state index in [2.05, 4.69) is 18.7 Å². The molecule has 0 radical (unpaired) electrons. The molecular formula is C18H27NO2. The van der Waals surface area contributed by atoms with Gasteiger partial charge in [0.05, 0.1) is 12.6 Å². The van der Waals surface area contributed by atoms with E-state index in [4.69, 9.17) is 4.74 Å². The lowest BCUT2D eigenvalue weighted by atomic mass is 9.84. The Morgan fingerprint density at radius 3 is 2.33 bits per heavy atom. The van der Waals surface area contributed by atoms with Gasteiger partial charge in [-0.05, 0) is 56.6 Å². The van der Waals surface area contributed by atoms with Gasteiger partial charge in [0.2, 0.25) is 0 Å². The van der Waals surface area contributed by atoms with Gasteiger partial charge in [-0.25, -0.2) is 0 Å². The molecule has 0 spiro atoms. The number of rotatable bonds is 6. The van der Waals surface area contributed by atoms with Crippen LogP contribution in [0.1, 0.15) is 55.5 Å². The van der Waals surface area contributed by atoms with Crippen molar-refractivity contribution in [3.8, 4) is 5.75 Å². The number of hydrogen-bond donors (Lipinski definition) is 0. The van der Waals surface area contributed by atoms with E-state index in [-0.39, 0.29) is 5.54 Å². The molecule has 0 atom stereocenters. The van der Waals surface area contributed by atoms with Crippen LogP contribution >= 0.6 is 0 Å². The minimum absolute atomic E-state index is 0.289. The Balaban J connectivity index is 2.39. The van der Waals surface area contributed by atoms with Crippen molar-refractivity contribution in [3.05, 3.63) is 29.3 Å². The van der Waals surface area contributed by atoms with Gasteiger partial charge in [0.1, 0.15) is 5.75 Å². The van der Waals surface area contributed by atoms with E-state index in [1.54, 1.807) is 7.11 Å². The van der Waals surface area contributed by atoms with E-state index >= 15 is 0 Å². The van der Waals surface area contributed by atoms with Crippen molar-refractivity contribution in [2.24, 2.45) is 0 Å². The molecule has 0 unspecified atom stereocenters. The first-order valence-corrected chi connectivity index (χ1v) is 8.03. The maximum absolute atomic E-state index is 13.3. The number of nitrogens with zero attached hydrogens (tertiary/aromatic N) is 1. The lowest BCUT2D eigenvalue weighted by molar-refractivity contribution is 0.0583. The Labute approximate surface area is 128 Å². The molecule has 1 aliphatic rings. The third-order valence-electron chi connectivity index (χ3n) is 4.90. The molecule has 0 N–H and O–H groups in total. The second-order valence-electron chi connectivity index (χ2n) is 5.92. The zero-order chi connectivity index (χ0) is 15.5.